The fourth-order valence-electron chi connectivity index (χ4n) is 2.12. The van der Waals surface area contributed by atoms with E-state index in [2.05, 4.69) is 31.5 Å². The van der Waals surface area contributed by atoms with E-state index in [-0.39, 0.29) is 5.82 Å². The SMILES string of the molecule is FC(F)(F)c1cc(Br)cnc1NCC1CCNCC1. The molecular formula is C12H15BrF3N3. The van der Waals surface area contributed by atoms with Gasteiger partial charge in [0.2, 0.25) is 0 Å². The smallest absolute Gasteiger partial charge is 0.369 e. The topological polar surface area (TPSA) is 37.0 Å². The Morgan fingerprint density at radius 2 is 2.05 bits per heavy atom. The fourth-order valence-corrected chi connectivity index (χ4v) is 2.45. The van der Waals surface area contributed by atoms with Crippen molar-refractivity contribution in [1.29, 1.82) is 0 Å². The Hall–Kier alpha value is -0.820. The molecule has 0 atom stereocenters. The average molecular weight is 338 g/mol. The Kier molecular flexibility index (Phi) is 4.67. The fraction of sp³-hybridized carbons (Fsp3) is 0.583. The summed E-state index contributed by atoms with van der Waals surface area (Å²) < 4.78 is 39.0. The van der Waals surface area contributed by atoms with E-state index in [1.165, 1.54) is 6.20 Å². The molecule has 2 rings (SSSR count). The van der Waals surface area contributed by atoms with E-state index in [1.807, 2.05) is 0 Å². The third kappa shape index (κ3) is 4.07. The van der Waals surface area contributed by atoms with Gasteiger partial charge in [0.25, 0.3) is 0 Å². The van der Waals surface area contributed by atoms with Gasteiger partial charge in [-0.25, -0.2) is 4.98 Å². The molecular weight excluding hydrogens is 323 g/mol. The van der Waals surface area contributed by atoms with Crippen LogP contribution in [0.15, 0.2) is 16.7 Å². The lowest BCUT2D eigenvalue weighted by atomic mass is 9.98. The van der Waals surface area contributed by atoms with Crippen molar-refractivity contribution < 1.29 is 13.2 Å². The van der Waals surface area contributed by atoms with Crippen molar-refractivity contribution in [2.45, 2.75) is 19.0 Å². The van der Waals surface area contributed by atoms with Crippen LogP contribution in [0.3, 0.4) is 0 Å². The molecule has 1 aliphatic heterocycles. The lowest BCUT2D eigenvalue weighted by molar-refractivity contribution is -0.137. The number of aromatic nitrogens is 1. The number of hydrogen-bond acceptors (Lipinski definition) is 3. The van der Waals surface area contributed by atoms with E-state index in [4.69, 9.17) is 0 Å². The average Bonchev–Trinajstić information content (AvgIpc) is 2.37. The van der Waals surface area contributed by atoms with E-state index < -0.39 is 11.7 Å². The van der Waals surface area contributed by atoms with E-state index in [0.29, 0.717) is 16.9 Å². The number of piperidine rings is 1. The van der Waals surface area contributed by atoms with Crippen LogP contribution in [0.25, 0.3) is 0 Å². The van der Waals surface area contributed by atoms with E-state index in [1.54, 1.807) is 0 Å². The van der Waals surface area contributed by atoms with Crippen LogP contribution in [0.4, 0.5) is 19.0 Å². The van der Waals surface area contributed by atoms with Crippen molar-refractivity contribution in [3.8, 4) is 0 Å². The third-order valence-corrected chi connectivity index (χ3v) is 3.61. The molecule has 0 amide bonds. The van der Waals surface area contributed by atoms with Gasteiger partial charge >= 0.3 is 6.18 Å². The molecule has 0 saturated carbocycles. The molecule has 0 aliphatic carbocycles. The first-order valence-electron chi connectivity index (χ1n) is 6.14. The summed E-state index contributed by atoms with van der Waals surface area (Å²) in [6.45, 7) is 2.37. The quantitative estimate of drug-likeness (QED) is 0.888. The second-order valence-electron chi connectivity index (χ2n) is 4.62. The molecule has 0 aromatic carbocycles. The second-order valence-corrected chi connectivity index (χ2v) is 5.54. The highest BCUT2D eigenvalue weighted by Crippen LogP contribution is 2.35. The minimum Gasteiger partial charge on any atom is -0.369 e. The normalized spacial score (nSPS) is 17.5. The molecule has 3 nitrogen and oxygen atoms in total. The van der Waals surface area contributed by atoms with Crippen molar-refractivity contribution in [1.82, 2.24) is 10.3 Å². The summed E-state index contributed by atoms with van der Waals surface area (Å²) >= 11 is 3.02. The van der Waals surface area contributed by atoms with Crippen molar-refractivity contribution >= 4 is 21.7 Å². The Labute approximate surface area is 118 Å². The number of rotatable bonds is 3. The van der Waals surface area contributed by atoms with Crippen LogP contribution in [0.2, 0.25) is 0 Å². The van der Waals surface area contributed by atoms with Crippen LogP contribution in [0.1, 0.15) is 18.4 Å². The molecule has 1 saturated heterocycles. The summed E-state index contributed by atoms with van der Waals surface area (Å²) in [7, 11) is 0. The van der Waals surface area contributed by atoms with E-state index >= 15 is 0 Å². The summed E-state index contributed by atoms with van der Waals surface area (Å²) in [5.74, 6) is 0.307. The van der Waals surface area contributed by atoms with Crippen molar-refractivity contribution in [2.75, 3.05) is 25.0 Å². The molecule has 19 heavy (non-hydrogen) atoms. The zero-order valence-corrected chi connectivity index (χ0v) is 11.8. The first-order valence-corrected chi connectivity index (χ1v) is 6.93. The standard InChI is InChI=1S/C12H15BrF3N3/c13-9-5-10(12(14,15)16)11(19-7-9)18-6-8-1-3-17-4-2-8/h5,7-8,17H,1-4,6H2,(H,18,19). The maximum atomic E-state index is 12.9. The number of halogens is 4. The van der Waals surface area contributed by atoms with Crippen LogP contribution < -0.4 is 10.6 Å². The van der Waals surface area contributed by atoms with Gasteiger partial charge in [0.05, 0.1) is 5.56 Å². The highest BCUT2D eigenvalue weighted by atomic mass is 79.9. The maximum Gasteiger partial charge on any atom is 0.419 e. The number of nitrogens with one attached hydrogen (secondary N) is 2. The third-order valence-electron chi connectivity index (χ3n) is 3.18. The first-order chi connectivity index (χ1) is 8.97. The predicted molar refractivity (Wildman–Crippen MR) is 71.0 cm³/mol. The highest BCUT2D eigenvalue weighted by Gasteiger charge is 2.34. The molecule has 1 fully saturated rings. The predicted octanol–water partition coefficient (Wildman–Crippen LogP) is 3.27. The largest absolute Gasteiger partial charge is 0.419 e. The Balaban J connectivity index is 2.06. The summed E-state index contributed by atoms with van der Waals surface area (Å²) in [4.78, 5) is 3.84. The minimum absolute atomic E-state index is 0.0887. The van der Waals surface area contributed by atoms with Gasteiger partial charge < -0.3 is 10.6 Å². The highest BCUT2D eigenvalue weighted by molar-refractivity contribution is 9.10. The number of anilines is 1. The van der Waals surface area contributed by atoms with Gasteiger partial charge in [-0.05, 0) is 53.8 Å². The van der Waals surface area contributed by atoms with Crippen molar-refractivity contribution in [3.05, 3.63) is 22.3 Å². The zero-order valence-electron chi connectivity index (χ0n) is 10.2. The van der Waals surface area contributed by atoms with Gasteiger partial charge in [-0.3, -0.25) is 0 Å². The van der Waals surface area contributed by atoms with Crippen molar-refractivity contribution in [2.24, 2.45) is 5.92 Å². The Morgan fingerprint density at radius 1 is 1.37 bits per heavy atom. The number of alkyl halides is 3. The molecule has 106 valence electrons. The number of nitrogens with zero attached hydrogens (tertiary/aromatic N) is 1. The monoisotopic (exact) mass is 337 g/mol. The molecule has 1 aliphatic rings. The van der Waals surface area contributed by atoms with Crippen LogP contribution >= 0.6 is 15.9 Å². The van der Waals surface area contributed by atoms with Crippen LogP contribution in [-0.4, -0.2) is 24.6 Å². The molecule has 7 heteroatoms. The summed E-state index contributed by atoms with van der Waals surface area (Å²) in [6.07, 6.45) is -1.07. The van der Waals surface area contributed by atoms with Gasteiger partial charge in [0.1, 0.15) is 5.82 Å². The van der Waals surface area contributed by atoms with Gasteiger partial charge in [0, 0.05) is 17.2 Å². The molecule has 0 radical (unpaired) electrons. The molecule has 0 spiro atoms. The molecule has 0 unspecified atom stereocenters. The van der Waals surface area contributed by atoms with Gasteiger partial charge in [-0.15, -0.1) is 0 Å². The molecule has 0 bridgehead atoms. The molecule has 1 aromatic heterocycles. The second kappa shape index (κ2) is 6.09. The van der Waals surface area contributed by atoms with Gasteiger partial charge in [0.15, 0.2) is 0 Å². The molecule has 1 aromatic rings. The summed E-state index contributed by atoms with van der Waals surface area (Å²) in [6, 6.07) is 1.05. The van der Waals surface area contributed by atoms with E-state index in [9.17, 15) is 13.2 Å². The van der Waals surface area contributed by atoms with E-state index in [0.717, 1.165) is 32.0 Å². The number of pyridine rings is 1. The molecule has 2 heterocycles. The van der Waals surface area contributed by atoms with Gasteiger partial charge in [-0.1, -0.05) is 0 Å². The Morgan fingerprint density at radius 3 is 2.68 bits per heavy atom. The van der Waals surface area contributed by atoms with Crippen molar-refractivity contribution in [3.63, 3.8) is 0 Å². The maximum absolute atomic E-state index is 12.9. The van der Waals surface area contributed by atoms with Crippen LogP contribution in [0, 0.1) is 5.92 Å². The lowest BCUT2D eigenvalue weighted by Crippen LogP contribution is -2.31. The first kappa shape index (κ1) is 14.6. The van der Waals surface area contributed by atoms with Crippen LogP contribution in [0.5, 0.6) is 0 Å². The van der Waals surface area contributed by atoms with Gasteiger partial charge in [-0.2, -0.15) is 13.2 Å². The summed E-state index contributed by atoms with van der Waals surface area (Å²) in [5.41, 5.74) is -0.726. The molecule has 2 N–H and O–H groups in total. The number of hydrogen-bond donors (Lipinski definition) is 2. The van der Waals surface area contributed by atoms with Crippen LogP contribution in [-0.2, 0) is 6.18 Å². The summed E-state index contributed by atoms with van der Waals surface area (Å²) in [5, 5.41) is 6.06. The zero-order chi connectivity index (χ0) is 13.9. The lowest BCUT2D eigenvalue weighted by Gasteiger charge is -2.23. The Bertz CT molecular complexity index is 431. The minimum atomic E-state index is -4.40.